The van der Waals surface area contributed by atoms with Gasteiger partial charge in [0.2, 0.25) is 0 Å². The Hall–Kier alpha value is -2.13. The van der Waals surface area contributed by atoms with Gasteiger partial charge < -0.3 is 10.5 Å². The number of benzene rings is 2. The summed E-state index contributed by atoms with van der Waals surface area (Å²) in [5.74, 6) is -0.416. The van der Waals surface area contributed by atoms with Crippen LogP contribution in [-0.4, -0.2) is 12.0 Å². The summed E-state index contributed by atoms with van der Waals surface area (Å²) in [5.41, 5.74) is 6.62. The molecule has 2 N–H and O–H groups in total. The van der Waals surface area contributed by atoms with Crippen LogP contribution in [0.25, 0.3) is 0 Å². The van der Waals surface area contributed by atoms with Crippen molar-refractivity contribution >= 4 is 5.97 Å². The summed E-state index contributed by atoms with van der Waals surface area (Å²) in [7, 11) is 0. The summed E-state index contributed by atoms with van der Waals surface area (Å²) in [6, 6.07) is 18.7. The highest BCUT2D eigenvalue weighted by Gasteiger charge is 2.33. The third-order valence-corrected chi connectivity index (χ3v) is 3.33. The Labute approximate surface area is 139 Å². The highest BCUT2D eigenvalue weighted by atomic mass is 16.6. The predicted molar refractivity (Wildman–Crippen MR) is 95.0 cm³/mol. The Morgan fingerprint density at radius 1 is 1.00 bits per heavy atom. The van der Waals surface area contributed by atoms with Crippen molar-refractivity contribution in [1.82, 2.24) is 0 Å². The molecule has 1 unspecified atom stereocenters. The number of rotatable bonds is 4. The molecule has 0 aliphatic rings. The molecule has 0 saturated carbocycles. The van der Waals surface area contributed by atoms with Crippen LogP contribution in [-0.2, 0) is 15.1 Å². The monoisotopic (exact) mass is 313 g/mol. The Kier molecular flexibility index (Phi) is 7.49. The van der Waals surface area contributed by atoms with Crippen molar-refractivity contribution in [2.24, 2.45) is 5.73 Å². The van der Waals surface area contributed by atoms with E-state index in [1.54, 1.807) is 6.92 Å². The molecular weight excluding hydrogens is 286 g/mol. The maximum atomic E-state index is 12.0. The lowest BCUT2D eigenvalue weighted by atomic mass is 9.88. The lowest BCUT2D eigenvalue weighted by Gasteiger charge is -2.31. The van der Waals surface area contributed by atoms with E-state index in [1.165, 1.54) is 6.42 Å². The molecule has 23 heavy (non-hydrogen) atoms. The number of hydrogen-bond donors (Lipinski definition) is 1. The number of hydrogen-bond acceptors (Lipinski definition) is 3. The van der Waals surface area contributed by atoms with Crippen LogP contribution in [0.3, 0.4) is 0 Å². The lowest BCUT2D eigenvalue weighted by Crippen LogP contribution is -2.37. The SMILES string of the molecule is CC(N)C(=O)OC(C)(c1ccccc1)c1ccccc1.CCC. The van der Waals surface area contributed by atoms with Crippen LogP contribution in [0.15, 0.2) is 60.7 Å². The number of carbonyl (C=O) groups is 1. The van der Waals surface area contributed by atoms with Gasteiger partial charge >= 0.3 is 5.97 Å². The topological polar surface area (TPSA) is 52.3 Å². The zero-order valence-electron chi connectivity index (χ0n) is 14.5. The Balaban J connectivity index is 0.000000816. The Morgan fingerprint density at radius 2 is 1.35 bits per heavy atom. The molecule has 0 amide bonds. The molecule has 124 valence electrons. The molecule has 0 fully saturated rings. The number of nitrogens with two attached hydrogens (primary N) is 1. The molecule has 3 heteroatoms. The van der Waals surface area contributed by atoms with E-state index in [0.717, 1.165) is 11.1 Å². The van der Waals surface area contributed by atoms with E-state index in [0.29, 0.717) is 0 Å². The van der Waals surface area contributed by atoms with Gasteiger partial charge in [-0.3, -0.25) is 4.79 Å². The largest absolute Gasteiger partial charge is 0.448 e. The second-order valence-corrected chi connectivity index (χ2v) is 5.68. The van der Waals surface area contributed by atoms with Crippen LogP contribution in [0.1, 0.15) is 45.2 Å². The minimum Gasteiger partial charge on any atom is -0.448 e. The van der Waals surface area contributed by atoms with Gasteiger partial charge in [0.1, 0.15) is 6.04 Å². The first kappa shape index (κ1) is 18.9. The van der Waals surface area contributed by atoms with E-state index >= 15 is 0 Å². The van der Waals surface area contributed by atoms with E-state index < -0.39 is 17.6 Å². The van der Waals surface area contributed by atoms with Gasteiger partial charge in [-0.05, 0) is 25.0 Å². The molecule has 0 saturated heterocycles. The van der Waals surface area contributed by atoms with Crippen molar-refractivity contribution in [1.29, 1.82) is 0 Å². The fourth-order valence-corrected chi connectivity index (χ4v) is 2.09. The van der Waals surface area contributed by atoms with Crippen molar-refractivity contribution in [3.63, 3.8) is 0 Å². The predicted octanol–water partition coefficient (Wildman–Crippen LogP) is 4.26. The second-order valence-electron chi connectivity index (χ2n) is 5.68. The van der Waals surface area contributed by atoms with Crippen LogP contribution in [0.4, 0.5) is 0 Å². The van der Waals surface area contributed by atoms with E-state index in [-0.39, 0.29) is 0 Å². The van der Waals surface area contributed by atoms with Crippen LogP contribution < -0.4 is 5.73 Å². The second kappa shape index (κ2) is 9.11. The molecular formula is C20H27NO2. The molecule has 3 nitrogen and oxygen atoms in total. The zero-order chi connectivity index (χ0) is 17.3. The minimum absolute atomic E-state index is 0.416. The highest BCUT2D eigenvalue weighted by molar-refractivity contribution is 5.76. The number of carbonyl (C=O) groups excluding carboxylic acids is 1. The molecule has 0 bridgehead atoms. The summed E-state index contributed by atoms with van der Waals surface area (Å²) in [6.45, 7) is 7.76. The van der Waals surface area contributed by atoms with Crippen LogP contribution in [0, 0.1) is 0 Å². The molecule has 0 radical (unpaired) electrons. The average molecular weight is 313 g/mol. The maximum Gasteiger partial charge on any atom is 0.323 e. The van der Waals surface area contributed by atoms with Crippen molar-refractivity contribution < 1.29 is 9.53 Å². The van der Waals surface area contributed by atoms with Crippen LogP contribution in [0.2, 0.25) is 0 Å². The van der Waals surface area contributed by atoms with E-state index in [9.17, 15) is 4.79 Å². The fraction of sp³-hybridized carbons (Fsp3) is 0.350. The normalized spacial score (nSPS) is 11.9. The van der Waals surface area contributed by atoms with E-state index in [1.807, 2.05) is 67.6 Å². The molecule has 0 aromatic heterocycles. The fourth-order valence-electron chi connectivity index (χ4n) is 2.09. The van der Waals surface area contributed by atoms with E-state index in [4.69, 9.17) is 10.5 Å². The lowest BCUT2D eigenvalue weighted by molar-refractivity contribution is -0.156. The van der Waals surface area contributed by atoms with Crippen molar-refractivity contribution in [2.45, 2.75) is 45.8 Å². The van der Waals surface area contributed by atoms with Crippen LogP contribution in [0.5, 0.6) is 0 Å². The Bertz CT molecular complexity index is 540. The highest BCUT2D eigenvalue weighted by Crippen LogP contribution is 2.33. The molecule has 2 aromatic carbocycles. The van der Waals surface area contributed by atoms with Crippen molar-refractivity contribution in [3.05, 3.63) is 71.8 Å². The van der Waals surface area contributed by atoms with Crippen molar-refractivity contribution in [3.8, 4) is 0 Å². The zero-order valence-corrected chi connectivity index (χ0v) is 14.5. The van der Waals surface area contributed by atoms with Gasteiger partial charge in [-0.1, -0.05) is 80.9 Å². The molecule has 2 aromatic rings. The summed E-state index contributed by atoms with van der Waals surface area (Å²) in [6.07, 6.45) is 1.25. The van der Waals surface area contributed by atoms with Crippen LogP contribution >= 0.6 is 0 Å². The molecule has 2 rings (SSSR count). The van der Waals surface area contributed by atoms with Gasteiger partial charge in [0.05, 0.1) is 0 Å². The molecule has 0 heterocycles. The van der Waals surface area contributed by atoms with Gasteiger partial charge in [-0.2, -0.15) is 0 Å². The summed E-state index contributed by atoms with van der Waals surface area (Å²) in [5, 5.41) is 0. The quantitative estimate of drug-likeness (QED) is 0.858. The maximum absolute atomic E-state index is 12.0. The molecule has 0 spiro atoms. The molecule has 0 aliphatic carbocycles. The van der Waals surface area contributed by atoms with Gasteiger partial charge in [0.25, 0.3) is 0 Å². The average Bonchev–Trinajstić information content (AvgIpc) is 2.57. The van der Waals surface area contributed by atoms with Gasteiger partial charge in [-0.15, -0.1) is 0 Å². The third-order valence-electron chi connectivity index (χ3n) is 3.33. The number of ether oxygens (including phenoxy) is 1. The first-order valence-corrected chi connectivity index (χ1v) is 8.05. The first-order chi connectivity index (χ1) is 11.0. The van der Waals surface area contributed by atoms with Crippen molar-refractivity contribution in [2.75, 3.05) is 0 Å². The number of esters is 1. The minimum atomic E-state index is -0.840. The Morgan fingerprint density at radius 3 is 1.65 bits per heavy atom. The van der Waals surface area contributed by atoms with Gasteiger partial charge in [0.15, 0.2) is 5.60 Å². The van der Waals surface area contributed by atoms with E-state index in [2.05, 4.69) is 13.8 Å². The molecule has 0 aliphatic heterocycles. The summed E-state index contributed by atoms with van der Waals surface area (Å²) in [4.78, 5) is 12.0. The first-order valence-electron chi connectivity index (χ1n) is 8.05. The third kappa shape index (κ3) is 5.22. The van der Waals surface area contributed by atoms with Gasteiger partial charge in [0, 0.05) is 0 Å². The van der Waals surface area contributed by atoms with Gasteiger partial charge in [-0.25, -0.2) is 0 Å². The summed E-state index contributed by atoms with van der Waals surface area (Å²) < 4.78 is 5.71. The summed E-state index contributed by atoms with van der Waals surface area (Å²) >= 11 is 0. The standard InChI is InChI=1S/C17H19NO2.C3H8/c1-13(18)16(19)20-17(2,14-9-5-3-6-10-14)15-11-7-4-8-12-15;1-3-2/h3-13H,18H2,1-2H3;3H2,1-2H3. The smallest absolute Gasteiger partial charge is 0.323 e. The molecule has 1 atom stereocenters.